The van der Waals surface area contributed by atoms with Gasteiger partial charge in [-0.3, -0.25) is 0 Å². The Balaban J connectivity index is 2.09. The van der Waals surface area contributed by atoms with Gasteiger partial charge in [-0.05, 0) is 45.7 Å². The minimum absolute atomic E-state index is 0.284. The summed E-state index contributed by atoms with van der Waals surface area (Å²) in [4.78, 5) is 10.0. The van der Waals surface area contributed by atoms with Crippen molar-refractivity contribution in [2.45, 2.75) is 26.7 Å². The molecule has 0 amide bonds. The van der Waals surface area contributed by atoms with Crippen LogP contribution in [0.15, 0.2) is 6.33 Å². The van der Waals surface area contributed by atoms with E-state index >= 15 is 0 Å². The number of piperidine rings is 1. The third kappa shape index (κ3) is 2.96. The van der Waals surface area contributed by atoms with Gasteiger partial charge in [-0.15, -0.1) is 0 Å². The number of aryl methyl sites for hydroxylation is 1. The maximum Gasteiger partial charge on any atom is 0.186 e. The second kappa shape index (κ2) is 6.09. The van der Waals surface area contributed by atoms with E-state index in [1.165, 1.54) is 6.33 Å². The molecule has 0 bridgehead atoms. The summed E-state index contributed by atoms with van der Waals surface area (Å²) in [5.41, 5.74) is 0.420. The van der Waals surface area contributed by atoms with Crippen LogP contribution in [-0.4, -0.2) is 36.1 Å². The second-order valence-electron chi connectivity index (χ2n) is 4.83. The highest BCUT2D eigenvalue weighted by atomic mass is 19.1. The van der Waals surface area contributed by atoms with Gasteiger partial charge in [0.05, 0.1) is 5.69 Å². The van der Waals surface area contributed by atoms with Crippen molar-refractivity contribution in [1.82, 2.24) is 15.3 Å². The van der Waals surface area contributed by atoms with Crippen molar-refractivity contribution in [1.29, 1.82) is 0 Å². The second-order valence-corrected chi connectivity index (χ2v) is 4.83. The zero-order chi connectivity index (χ0) is 13.0. The summed E-state index contributed by atoms with van der Waals surface area (Å²) in [7, 11) is 0. The fraction of sp³-hybridized carbons (Fsp3) is 0.692. The number of anilines is 1. The molecular weight excluding hydrogens is 231 g/mol. The van der Waals surface area contributed by atoms with Crippen LogP contribution in [0.5, 0.6) is 0 Å². The van der Waals surface area contributed by atoms with Gasteiger partial charge in [-0.25, -0.2) is 14.4 Å². The van der Waals surface area contributed by atoms with Crippen LogP contribution in [0.3, 0.4) is 0 Å². The molecule has 1 aliphatic rings. The maximum atomic E-state index is 14.0. The predicted molar refractivity (Wildman–Crippen MR) is 70.2 cm³/mol. The lowest BCUT2D eigenvalue weighted by Gasteiger charge is -2.30. The van der Waals surface area contributed by atoms with Gasteiger partial charge >= 0.3 is 0 Å². The van der Waals surface area contributed by atoms with Crippen molar-refractivity contribution in [2.75, 3.05) is 31.1 Å². The number of nitrogens with one attached hydrogen (secondary N) is 1. The summed E-state index contributed by atoms with van der Waals surface area (Å²) in [5, 5.41) is 3.35. The SMILES string of the molecule is CCN(CC1CCNCC1)c1ncnc(C)c1F. The van der Waals surface area contributed by atoms with Crippen LogP contribution in [0.2, 0.25) is 0 Å². The number of aromatic nitrogens is 2. The number of nitrogens with zero attached hydrogens (tertiary/aromatic N) is 3. The molecule has 0 spiro atoms. The molecule has 1 N–H and O–H groups in total. The monoisotopic (exact) mass is 252 g/mol. The molecule has 5 heteroatoms. The molecule has 1 fully saturated rings. The highest BCUT2D eigenvalue weighted by molar-refractivity contribution is 5.40. The Morgan fingerprint density at radius 3 is 2.78 bits per heavy atom. The van der Waals surface area contributed by atoms with Gasteiger partial charge in [0.2, 0.25) is 0 Å². The van der Waals surface area contributed by atoms with E-state index in [-0.39, 0.29) is 5.82 Å². The molecule has 0 aliphatic carbocycles. The molecule has 4 nitrogen and oxygen atoms in total. The lowest BCUT2D eigenvalue weighted by atomic mass is 9.97. The Labute approximate surface area is 108 Å². The van der Waals surface area contributed by atoms with Crippen LogP contribution in [0, 0.1) is 18.7 Å². The molecule has 18 heavy (non-hydrogen) atoms. The third-order valence-electron chi connectivity index (χ3n) is 3.56. The van der Waals surface area contributed by atoms with E-state index in [1.54, 1.807) is 6.92 Å². The number of hydrogen-bond donors (Lipinski definition) is 1. The zero-order valence-corrected chi connectivity index (χ0v) is 11.1. The highest BCUT2D eigenvalue weighted by Gasteiger charge is 2.20. The molecule has 0 saturated carbocycles. The van der Waals surface area contributed by atoms with Crippen molar-refractivity contribution in [3.63, 3.8) is 0 Å². The number of halogens is 1. The summed E-state index contributed by atoms with van der Waals surface area (Å²) >= 11 is 0. The van der Waals surface area contributed by atoms with E-state index in [1.807, 2.05) is 11.8 Å². The summed E-state index contributed by atoms with van der Waals surface area (Å²) in [5.74, 6) is 0.790. The topological polar surface area (TPSA) is 41.0 Å². The first-order chi connectivity index (χ1) is 8.72. The Morgan fingerprint density at radius 2 is 2.11 bits per heavy atom. The van der Waals surface area contributed by atoms with Crippen molar-refractivity contribution < 1.29 is 4.39 Å². The summed E-state index contributed by atoms with van der Waals surface area (Å²) in [6, 6.07) is 0. The van der Waals surface area contributed by atoms with E-state index in [4.69, 9.17) is 0 Å². The summed E-state index contributed by atoms with van der Waals surface area (Å²) in [6.07, 6.45) is 3.75. The van der Waals surface area contributed by atoms with Crippen LogP contribution in [0.25, 0.3) is 0 Å². The number of hydrogen-bond acceptors (Lipinski definition) is 4. The first-order valence-corrected chi connectivity index (χ1v) is 6.65. The third-order valence-corrected chi connectivity index (χ3v) is 3.56. The fourth-order valence-electron chi connectivity index (χ4n) is 2.41. The Kier molecular flexibility index (Phi) is 4.47. The Morgan fingerprint density at radius 1 is 1.39 bits per heavy atom. The van der Waals surface area contributed by atoms with Gasteiger partial charge in [0.15, 0.2) is 11.6 Å². The molecule has 2 heterocycles. The average molecular weight is 252 g/mol. The molecule has 1 aliphatic heterocycles. The molecule has 1 saturated heterocycles. The van der Waals surface area contributed by atoms with Crippen molar-refractivity contribution in [2.24, 2.45) is 5.92 Å². The molecule has 1 aromatic heterocycles. The predicted octanol–water partition coefficient (Wildman–Crippen LogP) is 1.75. The molecule has 2 rings (SSSR count). The first-order valence-electron chi connectivity index (χ1n) is 6.65. The van der Waals surface area contributed by atoms with Gasteiger partial charge in [0.1, 0.15) is 6.33 Å². The van der Waals surface area contributed by atoms with Gasteiger partial charge in [-0.1, -0.05) is 0 Å². The minimum Gasteiger partial charge on any atom is -0.354 e. The molecule has 100 valence electrons. The Hall–Kier alpha value is -1.23. The molecular formula is C13H21FN4. The summed E-state index contributed by atoms with van der Waals surface area (Å²) < 4.78 is 14.0. The average Bonchev–Trinajstić information content (AvgIpc) is 2.41. The van der Waals surface area contributed by atoms with E-state index in [0.717, 1.165) is 39.0 Å². The number of rotatable bonds is 4. The van der Waals surface area contributed by atoms with Crippen molar-refractivity contribution >= 4 is 5.82 Å². The van der Waals surface area contributed by atoms with Crippen LogP contribution in [0.1, 0.15) is 25.5 Å². The molecule has 0 unspecified atom stereocenters. The zero-order valence-electron chi connectivity index (χ0n) is 11.1. The van der Waals surface area contributed by atoms with Crippen LogP contribution < -0.4 is 10.2 Å². The lowest BCUT2D eigenvalue weighted by molar-refractivity contribution is 0.372. The van der Waals surface area contributed by atoms with E-state index < -0.39 is 0 Å². The van der Waals surface area contributed by atoms with Gasteiger partial charge in [0.25, 0.3) is 0 Å². The van der Waals surface area contributed by atoms with E-state index in [2.05, 4.69) is 15.3 Å². The molecule has 0 radical (unpaired) electrons. The quantitative estimate of drug-likeness (QED) is 0.886. The maximum absolute atomic E-state index is 14.0. The molecule has 0 atom stereocenters. The van der Waals surface area contributed by atoms with E-state index in [0.29, 0.717) is 17.4 Å². The highest BCUT2D eigenvalue weighted by Crippen LogP contribution is 2.21. The van der Waals surface area contributed by atoms with Gasteiger partial charge in [0, 0.05) is 13.1 Å². The van der Waals surface area contributed by atoms with Crippen LogP contribution in [0.4, 0.5) is 10.2 Å². The molecule has 0 aromatic carbocycles. The standard InChI is InChI=1S/C13H21FN4/c1-3-18(8-11-4-6-15-7-5-11)13-12(14)10(2)16-9-17-13/h9,11,15H,3-8H2,1-2H3. The van der Waals surface area contributed by atoms with Gasteiger partial charge < -0.3 is 10.2 Å². The smallest absolute Gasteiger partial charge is 0.186 e. The normalized spacial score (nSPS) is 16.8. The van der Waals surface area contributed by atoms with Crippen LogP contribution in [-0.2, 0) is 0 Å². The van der Waals surface area contributed by atoms with E-state index in [9.17, 15) is 4.39 Å². The minimum atomic E-state index is -0.284. The largest absolute Gasteiger partial charge is 0.354 e. The van der Waals surface area contributed by atoms with Crippen LogP contribution >= 0.6 is 0 Å². The van der Waals surface area contributed by atoms with Crippen molar-refractivity contribution in [3.05, 3.63) is 17.8 Å². The summed E-state index contributed by atoms with van der Waals surface area (Å²) in [6.45, 7) is 7.50. The Bertz CT molecular complexity index is 391. The van der Waals surface area contributed by atoms with Crippen molar-refractivity contribution in [3.8, 4) is 0 Å². The molecule has 1 aromatic rings. The first kappa shape index (κ1) is 13.2. The van der Waals surface area contributed by atoms with Gasteiger partial charge in [-0.2, -0.15) is 0 Å². The lowest BCUT2D eigenvalue weighted by Crippen LogP contribution is -2.37. The fourth-order valence-corrected chi connectivity index (χ4v) is 2.41.